The first kappa shape index (κ1) is 10.8. The van der Waals surface area contributed by atoms with E-state index in [9.17, 15) is 0 Å². The highest BCUT2D eigenvalue weighted by Crippen LogP contribution is 1.91. The van der Waals surface area contributed by atoms with Crippen LogP contribution in [0.4, 0.5) is 0 Å². The van der Waals surface area contributed by atoms with Crippen LogP contribution in [0.5, 0.6) is 0 Å². The number of hydrogen-bond donors (Lipinski definition) is 3. The molecule has 0 fully saturated rings. The van der Waals surface area contributed by atoms with Gasteiger partial charge in [0.05, 0.1) is 6.10 Å². The van der Waals surface area contributed by atoms with Crippen molar-refractivity contribution in [2.45, 2.75) is 25.9 Å². The van der Waals surface area contributed by atoms with E-state index in [2.05, 4.69) is 0 Å². The van der Waals surface area contributed by atoms with Gasteiger partial charge in [-0.25, -0.2) is 0 Å². The summed E-state index contributed by atoms with van der Waals surface area (Å²) in [6.45, 7) is 2.46. The molecule has 6 N–H and O–H groups in total. The molecule has 0 aromatic carbocycles. The van der Waals surface area contributed by atoms with Gasteiger partial charge in [0.2, 0.25) is 0 Å². The SMILES string of the molecule is CC(O)CCCN.N. The summed E-state index contributed by atoms with van der Waals surface area (Å²) in [4.78, 5) is 0. The van der Waals surface area contributed by atoms with E-state index in [-0.39, 0.29) is 12.3 Å². The van der Waals surface area contributed by atoms with Crippen molar-refractivity contribution in [3.05, 3.63) is 0 Å². The van der Waals surface area contributed by atoms with E-state index >= 15 is 0 Å². The van der Waals surface area contributed by atoms with E-state index in [1.54, 1.807) is 6.92 Å². The Hall–Kier alpha value is -0.120. The molecule has 0 spiro atoms. The van der Waals surface area contributed by atoms with E-state index in [1.165, 1.54) is 0 Å². The number of nitrogens with two attached hydrogens (primary N) is 1. The molecular formula is C5H16N2O. The third-order valence-electron chi connectivity index (χ3n) is 0.826. The van der Waals surface area contributed by atoms with Crippen LogP contribution in [-0.2, 0) is 0 Å². The number of rotatable bonds is 3. The number of aliphatic hydroxyl groups excluding tert-OH is 1. The van der Waals surface area contributed by atoms with Crippen molar-refractivity contribution in [1.82, 2.24) is 6.15 Å². The standard InChI is InChI=1S/C5H13NO.H3N/c1-5(7)3-2-4-6;/h5,7H,2-4,6H2,1H3;1H3. The third kappa shape index (κ3) is 9.30. The smallest absolute Gasteiger partial charge is 0.0512 e. The van der Waals surface area contributed by atoms with E-state index in [0.717, 1.165) is 12.8 Å². The highest BCUT2D eigenvalue weighted by molar-refractivity contribution is 4.45. The van der Waals surface area contributed by atoms with Crippen molar-refractivity contribution >= 4 is 0 Å². The summed E-state index contributed by atoms with van der Waals surface area (Å²) in [5.74, 6) is 0. The van der Waals surface area contributed by atoms with Crippen LogP contribution in [0.1, 0.15) is 19.8 Å². The largest absolute Gasteiger partial charge is 0.393 e. The van der Waals surface area contributed by atoms with E-state index < -0.39 is 0 Å². The first-order chi connectivity index (χ1) is 3.27. The van der Waals surface area contributed by atoms with Crippen molar-refractivity contribution in [3.8, 4) is 0 Å². The minimum absolute atomic E-state index is 0. The second-order valence-electron chi connectivity index (χ2n) is 1.78. The van der Waals surface area contributed by atoms with Gasteiger partial charge in [-0.2, -0.15) is 0 Å². The van der Waals surface area contributed by atoms with Gasteiger partial charge in [0.15, 0.2) is 0 Å². The molecule has 3 heteroatoms. The van der Waals surface area contributed by atoms with Crippen LogP contribution in [-0.4, -0.2) is 17.8 Å². The number of aliphatic hydroxyl groups is 1. The highest BCUT2D eigenvalue weighted by Gasteiger charge is 1.90. The van der Waals surface area contributed by atoms with Crippen molar-refractivity contribution < 1.29 is 5.11 Å². The Morgan fingerprint density at radius 3 is 2.25 bits per heavy atom. The lowest BCUT2D eigenvalue weighted by Gasteiger charge is -1.98. The average Bonchev–Trinajstić information content (AvgIpc) is 1.61. The second-order valence-corrected chi connectivity index (χ2v) is 1.78. The summed E-state index contributed by atoms with van der Waals surface area (Å²) in [7, 11) is 0. The van der Waals surface area contributed by atoms with Crippen molar-refractivity contribution in [3.63, 3.8) is 0 Å². The van der Waals surface area contributed by atoms with Gasteiger partial charge < -0.3 is 17.0 Å². The molecule has 0 heterocycles. The summed E-state index contributed by atoms with van der Waals surface area (Å²) in [6.07, 6.45) is 1.58. The normalized spacial score (nSPS) is 12.4. The molecule has 52 valence electrons. The van der Waals surface area contributed by atoms with Crippen LogP contribution in [0.3, 0.4) is 0 Å². The molecule has 0 aliphatic carbocycles. The van der Waals surface area contributed by atoms with E-state index in [4.69, 9.17) is 10.8 Å². The lowest BCUT2D eigenvalue weighted by Crippen LogP contribution is -2.05. The van der Waals surface area contributed by atoms with E-state index in [1.807, 2.05) is 0 Å². The van der Waals surface area contributed by atoms with Gasteiger partial charge in [-0.15, -0.1) is 0 Å². The van der Waals surface area contributed by atoms with Gasteiger partial charge in [0.25, 0.3) is 0 Å². The predicted molar refractivity (Wildman–Crippen MR) is 35.0 cm³/mol. The molecule has 0 rings (SSSR count). The maximum Gasteiger partial charge on any atom is 0.0512 e. The Morgan fingerprint density at radius 2 is 2.12 bits per heavy atom. The average molecular weight is 120 g/mol. The molecule has 1 atom stereocenters. The molecule has 0 aliphatic rings. The van der Waals surface area contributed by atoms with Crippen molar-refractivity contribution in [2.24, 2.45) is 5.73 Å². The molecule has 1 unspecified atom stereocenters. The molecule has 0 saturated heterocycles. The predicted octanol–water partition coefficient (Wildman–Crippen LogP) is 0.268. The zero-order chi connectivity index (χ0) is 5.70. The van der Waals surface area contributed by atoms with Gasteiger partial charge in [-0.05, 0) is 26.3 Å². The first-order valence-electron chi connectivity index (χ1n) is 2.65. The van der Waals surface area contributed by atoms with Crippen molar-refractivity contribution in [1.29, 1.82) is 0 Å². The number of hydrogen-bond acceptors (Lipinski definition) is 3. The maximum absolute atomic E-state index is 8.63. The Bertz CT molecular complexity index is 39.4. The topological polar surface area (TPSA) is 81.2 Å². The molecular weight excluding hydrogens is 104 g/mol. The summed E-state index contributed by atoms with van der Waals surface area (Å²) in [5.41, 5.74) is 5.17. The second kappa shape index (κ2) is 6.88. The van der Waals surface area contributed by atoms with Crippen LogP contribution in [0.15, 0.2) is 0 Å². The molecule has 0 aromatic rings. The Balaban J connectivity index is 0. The lowest BCUT2D eigenvalue weighted by atomic mass is 10.2. The zero-order valence-corrected chi connectivity index (χ0v) is 5.43. The fourth-order valence-electron chi connectivity index (χ4n) is 0.413. The fourth-order valence-corrected chi connectivity index (χ4v) is 0.413. The monoisotopic (exact) mass is 120 g/mol. The maximum atomic E-state index is 8.63. The third-order valence-corrected chi connectivity index (χ3v) is 0.826. The van der Waals surface area contributed by atoms with Crippen LogP contribution in [0.2, 0.25) is 0 Å². The first-order valence-corrected chi connectivity index (χ1v) is 2.65. The van der Waals surface area contributed by atoms with Gasteiger partial charge in [0.1, 0.15) is 0 Å². The van der Waals surface area contributed by atoms with Crippen LogP contribution < -0.4 is 11.9 Å². The summed E-state index contributed by atoms with van der Waals surface area (Å²) < 4.78 is 0. The highest BCUT2D eigenvalue weighted by atomic mass is 16.3. The molecule has 0 bridgehead atoms. The molecule has 0 aliphatic heterocycles. The molecule has 0 radical (unpaired) electrons. The molecule has 0 saturated carbocycles. The van der Waals surface area contributed by atoms with Gasteiger partial charge >= 0.3 is 0 Å². The Kier molecular flexibility index (Phi) is 9.28. The molecule has 0 aromatic heterocycles. The molecule has 8 heavy (non-hydrogen) atoms. The van der Waals surface area contributed by atoms with Crippen LogP contribution in [0.25, 0.3) is 0 Å². The lowest BCUT2D eigenvalue weighted by molar-refractivity contribution is 0.182. The van der Waals surface area contributed by atoms with Crippen LogP contribution in [0, 0.1) is 0 Å². The van der Waals surface area contributed by atoms with Gasteiger partial charge in [-0.3, -0.25) is 0 Å². The minimum Gasteiger partial charge on any atom is -0.393 e. The zero-order valence-electron chi connectivity index (χ0n) is 5.43. The van der Waals surface area contributed by atoms with E-state index in [0.29, 0.717) is 6.54 Å². The Labute approximate surface area is 50.5 Å². The molecule has 3 nitrogen and oxygen atoms in total. The summed E-state index contributed by atoms with van der Waals surface area (Å²) >= 11 is 0. The van der Waals surface area contributed by atoms with Crippen molar-refractivity contribution in [2.75, 3.05) is 6.54 Å². The Morgan fingerprint density at radius 1 is 1.62 bits per heavy atom. The minimum atomic E-state index is -0.177. The summed E-state index contributed by atoms with van der Waals surface area (Å²) in [6, 6.07) is 0. The quantitative estimate of drug-likeness (QED) is 0.500. The van der Waals surface area contributed by atoms with Crippen LogP contribution >= 0.6 is 0 Å². The molecule has 0 amide bonds. The summed E-state index contributed by atoms with van der Waals surface area (Å²) in [5, 5.41) is 8.63. The van der Waals surface area contributed by atoms with Gasteiger partial charge in [-0.1, -0.05) is 0 Å². The fraction of sp³-hybridized carbons (Fsp3) is 1.00. The van der Waals surface area contributed by atoms with Gasteiger partial charge in [0, 0.05) is 0 Å².